The summed E-state index contributed by atoms with van der Waals surface area (Å²) in [5.74, 6) is -1.18. The molecular formula is C26H28N2O5S. The number of esters is 1. The molecule has 0 bridgehead atoms. The number of nitrogens with one attached hydrogen (secondary N) is 1. The van der Waals surface area contributed by atoms with Crippen LogP contribution in [0, 0.1) is 0 Å². The fourth-order valence-electron chi connectivity index (χ4n) is 3.20. The third-order valence-electron chi connectivity index (χ3n) is 5.23. The van der Waals surface area contributed by atoms with E-state index < -0.39 is 28.5 Å². The Balaban J connectivity index is 1.84. The number of ether oxygens (including phenoxy) is 1. The quantitative estimate of drug-likeness (QED) is 0.440. The molecule has 0 fully saturated rings. The molecule has 3 rings (SSSR count). The Morgan fingerprint density at radius 3 is 2.24 bits per heavy atom. The van der Waals surface area contributed by atoms with Gasteiger partial charge in [-0.1, -0.05) is 61.5 Å². The fraction of sp³-hybridized carbons (Fsp3) is 0.231. The van der Waals surface area contributed by atoms with Gasteiger partial charge < -0.3 is 10.1 Å². The maximum Gasteiger partial charge on any atom is 0.338 e. The van der Waals surface area contributed by atoms with Gasteiger partial charge in [0.25, 0.3) is 15.9 Å². The van der Waals surface area contributed by atoms with E-state index in [0.717, 1.165) is 12.0 Å². The largest absolute Gasteiger partial charge is 0.452 e. The third-order valence-corrected chi connectivity index (χ3v) is 6.99. The van der Waals surface area contributed by atoms with Crippen LogP contribution in [-0.4, -0.2) is 32.9 Å². The molecule has 3 aromatic rings. The maximum absolute atomic E-state index is 13.6. The minimum absolute atomic E-state index is 0.0340. The number of amides is 1. The highest BCUT2D eigenvalue weighted by Crippen LogP contribution is 2.26. The average Bonchev–Trinajstić information content (AvgIpc) is 2.86. The number of carbonyl (C=O) groups excluding carboxylic acids is 2. The molecule has 34 heavy (non-hydrogen) atoms. The second-order valence-electron chi connectivity index (χ2n) is 7.81. The summed E-state index contributed by atoms with van der Waals surface area (Å²) in [5.41, 5.74) is 1.36. The molecule has 0 aliphatic heterocycles. The highest BCUT2D eigenvalue weighted by molar-refractivity contribution is 7.92. The van der Waals surface area contributed by atoms with E-state index in [9.17, 15) is 18.0 Å². The van der Waals surface area contributed by atoms with Crippen molar-refractivity contribution >= 4 is 27.6 Å². The van der Waals surface area contributed by atoms with Crippen LogP contribution in [0.1, 0.15) is 36.2 Å². The first-order valence-corrected chi connectivity index (χ1v) is 12.4. The van der Waals surface area contributed by atoms with Gasteiger partial charge in [-0.2, -0.15) is 0 Å². The Labute approximate surface area is 200 Å². The monoisotopic (exact) mass is 480 g/mol. The van der Waals surface area contributed by atoms with Gasteiger partial charge in [0.15, 0.2) is 6.61 Å². The fourth-order valence-corrected chi connectivity index (χ4v) is 4.70. The van der Waals surface area contributed by atoms with Crippen LogP contribution in [0.2, 0.25) is 0 Å². The van der Waals surface area contributed by atoms with Crippen LogP contribution >= 0.6 is 0 Å². The highest BCUT2D eigenvalue weighted by Gasteiger charge is 2.26. The Kier molecular flexibility index (Phi) is 8.43. The van der Waals surface area contributed by atoms with Crippen molar-refractivity contribution in [3.63, 3.8) is 0 Å². The maximum atomic E-state index is 13.6. The van der Waals surface area contributed by atoms with Gasteiger partial charge in [0.2, 0.25) is 0 Å². The average molecular weight is 481 g/mol. The van der Waals surface area contributed by atoms with E-state index in [1.165, 1.54) is 28.6 Å². The molecule has 0 saturated carbocycles. The number of rotatable bonds is 10. The molecule has 0 heterocycles. The lowest BCUT2D eigenvalue weighted by molar-refractivity contribution is -0.124. The summed E-state index contributed by atoms with van der Waals surface area (Å²) in [4.78, 5) is 24.4. The van der Waals surface area contributed by atoms with Crippen LogP contribution in [0.5, 0.6) is 0 Å². The molecule has 0 aliphatic carbocycles. The number of hydrogen-bond donors (Lipinski definition) is 1. The van der Waals surface area contributed by atoms with Crippen molar-refractivity contribution in [2.45, 2.75) is 37.8 Å². The van der Waals surface area contributed by atoms with Gasteiger partial charge in [-0.25, -0.2) is 13.2 Å². The van der Waals surface area contributed by atoms with Crippen molar-refractivity contribution in [3.05, 3.63) is 96.1 Å². The van der Waals surface area contributed by atoms with Gasteiger partial charge in [0.05, 0.1) is 22.7 Å². The van der Waals surface area contributed by atoms with Crippen LogP contribution in [-0.2, 0) is 26.1 Å². The van der Waals surface area contributed by atoms with Gasteiger partial charge >= 0.3 is 5.97 Å². The molecular weight excluding hydrogens is 452 g/mol. The Bertz CT molecular complexity index is 1210. The summed E-state index contributed by atoms with van der Waals surface area (Å²) in [7, 11) is -4.01. The van der Waals surface area contributed by atoms with Gasteiger partial charge in [0.1, 0.15) is 0 Å². The summed E-state index contributed by atoms with van der Waals surface area (Å²) in [6, 6.07) is 23.6. The standard InChI is InChI=1S/C26H28N2O5S/c1-3-20(2)27-25(29)19-33-26(30)22-13-10-16-24(17-22)34(31,32)28(23-14-8-5-9-15-23)18-21-11-6-4-7-12-21/h4-17,20H,3,18-19H2,1-2H3,(H,27,29). The Hall–Kier alpha value is -3.65. The number of nitrogens with zero attached hydrogens (tertiary/aromatic N) is 1. The van der Waals surface area contributed by atoms with E-state index in [2.05, 4.69) is 5.32 Å². The Morgan fingerprint density at radius 2 is 1.59 bits per heavy atom. The van der Waals surface area contributed by atoms with Crippen LogP contribution in [0.4, 0.5) is 5.69 Å². The third kappa shape index (κ3) is 6.45. The molecule has 1 unspecified atom stereocenters. The first-order valence-electron chi connectivity index (χ1n) is 11.0. The van der Waals surface area contributed by atoms with E-state index in [4.69, 9.17) is 4.74 Å². The lowest BCUT2D eigenvalue weighted by Crippen LogP contribution is -2.35. The topological polar surface area (TPSA) is 92.8 Å². The zero-order valence-electron chi connectivity index (χ0n) is 19.2. The van der Waals surface area contributed by atoms with Crippen LogP contribution in [0.3, 0.4) is 0 Å². The predicted molar refractivity (Wildman–Crippen MR) is 131 cm³/mol. The summed E-state index contributed by atoms with van der Waals surface area (Å²) < 4.78 is 33.7. The number of carbonyl (C=O) groups is 2. The first kappa shape index (κ1) is 25.0. The molecule has 178 valence electrons. The zero-order chi connectivity index (χ0) is 24.6. The predicted octanol–water partition coefficient (Wildman–Crippen LogP) is 4.15. The van der Waals surface area contributed by atoms with Crippen molar-refractivity contribution in [3.8, 4) is 0 Å². The summed E-state index contributed by atoms with van der Waals surface area (Å²) >= 11 is 0. The summed E-state index contributed by atoms with van der Waals surface area (Å²) in [6.45, 7) is 3.46. The molecule has 0 aromatic heterocycles. The molecule has 0 radical (unpaired) electrons. The Morgan fingerprint density at radius 1 is 0.941 bits per heavy atom. The normalized spacial score (nSPS) is 11.9. The second-order valence-corrected chi connectivity index (χ2v) is 9.68. The molecule has 1 amide bonds. The first-order chi connectivity index (χ1) is 16.3. The molecule has 1 N–H and O–H groups in total. The minimum atomic E-state index is -4.01. The molecule has 3 aromatic carbocycles. The van der Waals surface area contributed by atoms with E-state index in [1.807, 2.05) is 50.2 Å². The van der Waals surface area contributed by atoms with E-state index in [0.29, 0.717) is 5.69 Å². The van der Waals surface area contributed by atoms with E-state index in [-0.39, 0.29) is 23.0 Å². The van der Waals surface area contributed by atoms with Crippen molar-refractivity contribution in [1.29, 1.82) is 0 Å². The van der Waals surface area contributed by atoms with Gasteiger partial charge in [-0.05, 0) is 49.2 Å². The summed E-state index contributed by atoms with van der Waals surface area (Å²) in [6.07, 6.45) is 0.750. The number of hydrogen-bond acceptors (Lipinski definition) is 5. The number of benzene rings is 3. The van der Waals surface area contributed by atoms with E-state index in [1.54, 1.807) is 24.3 Å². The van der Waals surface area contributed by atoms with Crippen molar-refractivity contribution in [2.75, 3.05) is 10.9 Å². The molecule has 1 atom stereocenters. The molecule has 0 spiro atoms. The second kappa shape index (κ2) is 11.5. The minimum Gasteiger partial charge on any atom is -0.452 e. The highest BCUT2D eigenvalue weighted by atomic mass is 32.2. The summed E-state index contributed by atoms with van der Waals surface area (Å²) in [5, 5.41) is 2.71. The number of anilines is 1. The lowest BCUT2D eigenvalue weighted by Gasteiger charge is -2.25. The van der Waals surface area contributed by atoms with Crippen molar-refractivity contribution in [1.82, 2.24) is 5.32 Å². The number of sulfonamides is 1. The van der Waals surface area contributed by atoms with Crippen LogP contribution < -0.4 is 9.62 Å². The smallest absolute Gasteiger partial charge is 0.338 e. The molecule has 0 aliphatic rings. The molecule has 8 heteroatoms. The molecule has 0 saturated heterocycles. The van der Waals surface area contributed by atoms with Gasteiger partial charge in [0, 0.05) is 6.04 Å². The van der Waals surface area contributed by atoms with E-state index >= 15 is 0 Å². The SMILES string of the molecule is CCC(C)NC(=O)COC(=O)c1cccc(S(=O)(=O)N(Cc2ccccc2)c2ccccc2)c1. The zero-order valence-corrected chi connectivity index (χ0v) is 20.0. The van der Waals surface area contributed by atoms with Crippen LogP contribution in [0.25, 0.3) is 0 Å². The van der Waals surface area contributed by atoms with Crippen LogP contribution in [0.15, 0.2) is 89.8 Å². The van der Waals surface area contributed by atoms with Crippen molar-refractivity contribution in [2.24, 2.45) is 0 Å². The number of para-hydroxylation sites is 1. The van der Waals surface area contributed by atoms with Crippen molar-refractivity contribution < 1.29 is 22.7 Å². The van der Waals surface area contributed by atoms with Gasteiger partial charge in [-0.3, -0.25) is 9.10 Å². The molecule has 7 nitrogen and oxygen atoms in total. The van der Waals surface area contributed by atoms with Gasteiger partial charge in [-0.15, -0.1) is 0 Å². The lowest BCUT2D eigenvalue weighted by atomic mass is 10.2.